The van der Waals surface area contributed by atoms with Crippen LogP contribution in [0.1, 0.15) is 20.8 Å². The Morgan fingerprint density at radius 1 is 1.67 bits per heavy atom. The molecule has 12 heavy (non-hydrogen) atoms. The van der Waals surface area contributed by atoms with Crippen molar-refractivity contribution in [2.45, 2.75) is 32.9 Å². The summed E-state index contributed by atoms with van der Waals surface area (Å²) in [5.41, 5.74) is 0. The molecular weight excluding hydrogens is 152 g/mol. The van der Waals surface area contributed by atoms with Crippen molar-refractivity contribution in [3.05, 3.63) is 0 Å². The molecule has 1 N–H and O–H groups in total. The van der Waals surface area contributed by atoms with Crippen LogP contribution in [0, 0.1) is 0 Å². The van der Waals surface area contributed by atoms with Gasteiger partial charge in [0.05, 0.1) is 12.6 Å². The number of likely N-dealkylation sites (tertiary alicyclic amines) is 1. The van der Waals surface area contributed by atoms with E-state index in [4.69, 9.17) is 0 Å². The fourth-order valence-corrected chi connectivity index (χ4v) is 1.53. The molecule has 1 heterocycles. The number of ketones is 1. The van der Waals surface area contributed by atoms with E-state index in [-0.39, 0.29) is 6.04 Å². The zero-order chi connectivity index (χ0) is 9.14. The number of carbonyl (C=O) groups is 1. The van der Waals surface area contributed by atoms with Gasteiger partial charge in [-0.25, -0.2) is 0 Å². The summed E-state index contributed by atoms with van der Waals surface area (Å²) in [4.78, 5) is 13.6. The number of nitrogens with one attached hydrogen (secondary N) is 1. The first-order valence-corrected chi connectivity index (χ1v) is 4.65. The monoisotopic (exact) mass is 170 g/mol. The Morgan fingerprint density at radius 2 is 2.33 bits per heavy atom. The molecule has 1 atom stereocenters. The molecule has 0 radical (unpaired) electrons. The van der Waals surface area contributed by atoms with Crippen molar-refractivity contribution < 1.29 is 4.79 Å². The largest absolute Gasteiger partial charge is 0.307 e. The summed E-state index contributed by atoms with van der Waals surface area (Å²) in [6, 6.07) is 0.565. The van der Waals surface area contributed by atoms with E-state index in [0.717, 1.165) is 13.1 Å². The highest BCUT2D eigenvalue weighted by atomic mass is 16.1. The van der Waals surface area contributed by atoms with E-state index in [1.807, 2.05) is 6.92 Å². The highest BCUT2D eigenvalue weighted by Crippen LogP contribution is 2.08. The minimum Gasteiger partial charge on any atom is -0.307 e. The van der Waals surface area contributed by atoms with Crippen molar-refractivity contribution >= 4 is 5.78 Å². The van der Waals surface area contributed by atoms with Gasteiger partial charge in [-0.3, -0.25) is 9.69 Å². The fraction of sp³-hybridized carbons (Fsp3) is 0.889. The van der Waals surface area contributed by atoms with E-state index in [9.17, 15) is 4.79 Å². The summed E-state index contributed by atoms with van der Waals surface area (Å²) in [5, 5.41) is 3.19. The van der Waals surface area contributed by atoms with Crippen molar-refractivity contribution in [3.63, 3.8) is 0 Å². The molecule has 1 unspecified atom stereocenters. The molecule has 0 aromatic heterocycles. The number of rotatable bonds is 3. The summed E-state index contributed by atoms with van der Waals surface area (Å²) in [6.45, 7) is 8.66. The molecule has 0 aromatic rings. The highest BCUT2D eigenvalue weighted by Gasteiger charge is 2.30. The molecule has 1 aliphatic rings. The van der Waals surface area contributed by atoms with Crippen LogP contribution >= 0.6 is 0 Å². The lowest BCUT2D eigenvalue weighted by Crippen LogP contribution is -2.37. The standard InChI is InChI=1S/C9H18N2O/c1-4-10-8-5-11(7(2)3)6-9(8)12/h7-8,10H,4-6H2,1-3H3. The molecule has 0 aromatic carbocycles. The molecule has 0 saturated carbocycles. The second kappa shape index (κ2) is 4.01. The average molecular weight is 170 g/mol. The molecule has 0 spiro atoms. The lowest BCUT2D eigenvalue weighted by molar-refractivity contribution is -0.118. The van der Waals surface area contributed by atoms with Crippen molar-refractivity contribution in [3.8, 4) is 0 Å². The molecule has 0 aliphatic carbocycles. The third-order valence-electron chi connectivity index (χ3n) is 2.35. The van der Waals surface area contributed by atoms with Gasteiger partial charge in [-0.05, 0) is 20.4 Å². The molecule has 1 rings (SSSR count). The summed E-state index contributed by atoms with van der Waals surface area (Å²) < 4.78 is 0. The Kier molecular flexibility index (Phi) is 3.23. The van der Waals surface area contributed by atoms with Crippen molar-refractivity contribution in [2.24, 2.45) is 0 Å². The molecule has 3 nitrogen and oxygen atoms in total. The van der Waals surface area contributed by atoms with E-state index < -0.39 is 0 Å². The maximum absolute atomic E-state index is 11.4. The summed E-state index contributed by atoms with van der Waals surface area (Å²) in [6.07, 6.45) is 0. The zero-order valence-electron chi connectivity index (χ0n) is 8.13. The number of Topliss-reactive ketones (excluding diaryl/α,β-unsaturated/α-hetero) is 1. The average Bonchev–Trinajstić information content (AvgIpc) is 2.34. The first kappa shape index (κ1) is 9.68. The zero-order valence-corrected chi connectivity index (χ0v) is 8.13. The summed E-state index contributed by atoms with van der Waals surface area (Å²) >= 11 is 0. The van der Waals surface area contributed by atoms with Crippen LogP contribution in [0.3, 0.4) is 0 Å². The summed E-state index contributed by atoms with van der Waals surface area (Å²) in [5.74, 6) is 0.338. The van der Waals surface area contributed by atoms with Gasteiger partial charge in [0, 0.05) is 12.6 Å². The molecule has 0 amide bonds. The van der Waals surface area contributed by atoms with E-state index in [2.05, 4.69) is 24.1 Å². The number of carbonyl (C=O) groups excluding carboxylic acids is 1. The topological polar surface area (TPSA) is 32.3 Å². The fourth-order valence-electron chi connectivity index (χ4n) is 1.53. The third kappa shape index (κ3) is 2.05. The molecule has 3 heteroatoms. The van der Waals surface area contributed by atoms with Crippen LogP contribution < -0.4 is 5.32 Å². The number of nitrogens with zero attached hydrogens (tertiary/aromatic N) is 1. The predicted molar refractivity (Wildman–Crippen MR) is 49.2 cm³/mol. The number of hydrogen-bond donors (Lipinski definition) is 1. The van der Waals surface area contributed by atoms with Crippen LogP contribution in [0.15, 0.2) is 0 Å². The molecular formula is C9H18N2O. The van der Waals surface area contributed by atoms with Crippen LogP contribution in [0.4, 0.5) is 0 Å². The van der Waals surface area contributed by atoms with Gasteiger partial charge in [-0.1, -0.05) is 6.92 Å². The molecule has 1 saturated heterocycles. The van der Waals surface area contributed by atoms with E-state index in [1.165, 1.54) is 0 Å². The second-order valence-corrected chi connectivity index (χ2v) is 3.60. The van der Waals surface area contributed by atoms with Crippen molar-refractivity contribution in [1.29, 1.82) is 0 Å². The number of likely N-dealkylation sites (N-methyl/N-ethyl adjacent to an activating group) is 1. The Morgan fingerprint density at radius 3 is 2.75 bits per heavy atom. The number of hydrogen-bond acceptors (Lipinski definition) is 3. The van der Waals surface area contributed by atoms with Crippen LogP contribution in [0.5, 0.6) is 0 Å². The molecule has 1 fully saturated rings. The SMILES string of the molecule is CCNC1CN(C(C)C)CC1=O. The van der Waals surface area contributed by atoms with Crippen LogP contribution in [0.25, 0.3) is 0 Å². The third-order valence-corrected chi connectivity index (χ3v) is 2.35. The van der Waals surface area contributed by atoms with Crippen molar-refractivity contribution in [1.82, 2.24) is 10.2 Å². The van der Waals surface area contributed by atoms with E-state index in [1.54, 1.807) is 0 Å². The Balaban J connectivity index is 2.44. The van der Waals surface area contributed by atoms with Gasteiger partial charge < -0.3 is 5.32 Å². The van der Waals surface area contributed by atoms with Gasteiger partial charge in [0.2, 0.25) is 0 Å². The van der Waals surface area contributed by atoms with Gasteiger partial charge in [0.25, 0.3) is 0 Å². The van der Waals surface area contributed by atoms with Crippen LogP contribution in [0.2, 0.25) is 0 Å². The Hall–Kier alpha value is -0.410. The smallest absolute Gasteiger partial charge is 0.164 e. The van der Waals surface area contributed by atoms with Gasteiger partial charge >= 0.3 is 0 Å². The minimum absolute atomic E-state index is 0.0809. The maximum atomic E-state index is 11.4. The normalized spacial score (nSPS) is 25.7. The maximum Gasteiger partial charge on any atom is 0.164 e. The minimum atomic E-state index is 0.0809. The van der Waals surface area contributed by atoms with Gasteiger partial charge in [-0.2, -0.15) is 0 Å². The van der Waals surface area contributed by atoms with Crippen LogP contribution in [-0.4, -0.2) is 42.4 Å². The summed E-state index contributed by atoms with van der Waals surface area (Å²) in [7, 11) is 0. The quantitative estimate of drug-likeness (QED) is 0.659. The van der Waals surface area contributed by atoms with Crippen LogP contribution in [-0.2, 0) is 4.79 Å². The molecule has 1 aliphatic heterocycles. The Bertz CT molecular complexity index is 168. The van der Waals surface area contributed by atoms with E-state index >= 15 is 0 Å². The van der Waals surface area contributed by atoms with E-state index in [0.29, 0.717) is 18.4 Å². The molecule has 70 valence electrons. The lowest BCUT2D eigenvalue weighted by Gasteiger charge is -2.18. The highest BCUT2D eigenvalue weighted by molar-refractivity contribution is 5.88. The van der Waals surface area contributed by atoms with Crippen molar-refractivity contribution in [2.75, 3.05) is 19.6 Å². The van der Waals surface area contributed by atoms with Gasteiger partial charge in [-0.15, -0.1) is 0 Å². The van der Waals surface area contributed by atoms with Gasteiger partial charge in [0.15, 0.2) is 5.78 Å². The predicted octanol–water partition coefficient (Wildman–Crippen LogP) is 0.258. The van der Waals surface area contributed by atoms with Gasteiger partial charge in [0.1, 0.15) is 0 Å². The molecule has 0 bridgehead atoms. The second-order valence-electron chi connectivity index (χ2n) is 3.60. The first-order chi connectivity index (χ1) is 5.65. The lowest BCUT2D eigenvalue weighted by atomic mass is 10.2. The Labute approximate surface area is 74.1 Å². The first-order valence-electron chi connectivity index (χ1n) is 4.65.